The van der Waals surface area contributed by atoms with Crippen LogP contribution in [0, 0.1) is 0 Å². The second kappa shape index (κ2) is 5.05. The molecule has 0 aliphatic carbocycles. The number of hydrazine groups is 1. The van der Waals surface area contributed by atoms with Gasteiger partial charge in [0.25, 0.3) is 0 Å². The maximum absolute atomic E-state index is 11.0. The van der Waals surface area contributed by atoms with E-state index in [1.807, 2.05) is 0 Å². The number of nitrogens with one attached hydrogen (secondary N) is 1. The van der Waals surface area contributed by atoms with E-state index in [-0.39, 0.29) is 5.04 Å². The van der Waals surface area contributed by atoms with Crippen LogP contribution < -0.4 is 5.59 Å². The van der Waals surface area contributed by atoms with E-state index < -0.39 is 20.3 Å². The van der Waals surface area contributed by atoms with E-state index in [9.17, 15) is 4.79 Å². The Bertz CT molecular complexity index is 289. The molecule has 5 nitrogen and oxygen atoms in total. The molecule has 0 aromatic heterocycles. The lowest BCUT2D eigenvalue weighted by molar-refractivity contribution is -0.147. The van der Waals surface area contributed by atoms with Gasteiger partial charge in [0.15, 0.2) is 0 Å². The molecule has 0 amide bonds. The topological polar surface area (TPSA) is 61.8 Å². The molecule has 0 spiro atoms. The average molecular weight is 260 g/mol. The molecule has 6 heteroatoms. The Kier molecular flexibility index (Phi) is 4.35. The van der Waals surface area contributed by atoms with Gasteiger partial charge >= 0.3 is 5.97 Å². The summed E-state index contributed by atoms with van der Waals surface area (Å²) in [4.78, 5) is 11.0. The van der Waals surface area contributed by atoms with Gasteiger partial charge in [0, 0.05) is 6.54 Å². The Morgan fingerprint density at radius 1 is 1.47 bits per heavy atom. The van der Waals surface area contributed by atoms with Crippen molar-refractivity contribution in [3.8, 4) is 0 Å². The number of carboxylic acid groups (broad SMARTS) is 1. The van der Waals surface area contributed by atoms with Crippen molar-refractivity contribution in [2.45, 2.75) is 57.8 Å². The highest BCUT2D eigenvalue weighted by molar-refractivity contribution is 6.74. The first-order valence-electron chi connectivity index (χ1n) is 6.08. The maximum atomic E-state index is 11.0. The van der Waals surface area contributed by atoms with Gasteiger partial charge in [-0.1, -0.05) is 20.8 Å². The van der Waals surface area contributed by atoms with Crippen molar-refractivity contribution in [1.29, 1.82) is 0 Å². The van der Waals surface area contributed by atoms with Gasteiger partial charge in [0.05, 0.1) is 0 Å². The quantitative estimate of drug-likeness (QED) is 0.598. The van der Waals surface area contributed by atoms with Crippen LogP contribution in [0.5, 0.6) is 0 Å². The molecule has 1 fully saturated rings. The van der Waals surface area contributed by atoms with Crippen molar-refractivity contribution in [1.82, 2.24) is 10.6 Å². The summed E-state index contributed by atoms with van der Waals surface area (Å²) in [6.45, 7) is 11.4. The maximum Gasteiger partial charge on any atom is 0.322 e. The molecule has 1 atom stereocenters. The number of aliphatic carboxylic acids is 1. The molecule has 1 heterocycles. The van der Waals surface area contributed by atoms with Crippen molar-refractivity contribution >= 4 is 14.3 Å². The summed E-state index contributed by atoms with van der Waals surface area (Å²) in [5, 5.41) is 10.9. The zero-order valence-electron chi connectivity index (χ0n) is 11.4. The molecule has 17 heavy (non-hydrogen) atoms. The highest BCUT2D eigenvalue weighted by Gasteiger charge is 2.40. The first-order valence-corrected chi connectivity index (χ1v) is 8.99. The van der Waals surface area contributed by atoms with Gasteiger partial charge < -0.3 is 9.63 Å². The summed E-state index contributed by atoms with van der Waals surface area (Å²) >= 11 is 0. The van der Waals surface area contributed by atoms with Crippen LogP contribution >= 0.6 is 0 Å². The van der Waals surface area contributed by atoms with Crippen LogP contribution in [0.1, 0.15) is 33.6 Å². The average Bonchev–Trinajstić information content (AvgIpc) is 2.60. The molecule has 0 aromatic carbocycles. The van der Waals surface area contributed by atoms with Crippen molar-refractivity contribution in [3.63, 3.8) is 0 Å². The molecule has 0 radical (unpaired) electrons. The van der Waals surface area contributed by atoms with Gasteiger partial charge in [-0.05, 0) is 31.0 Å². The molecule has 1 rings (SSSR count). The fraction of sp³-hybridized carbons (Fsp3) is 0.909. The Morgan fingerprint density at radius 2 is 2.06 bits per heavy atom. The smallest absolute Gasteiger partial charge is 0.322 e. The summed E-state index contributed by atoms with van der Waals surface area (Å²) in [5.41, 5.74) is 2.87. The molecular weight excluding hydrogens is 236 g/mol. The van der Waals surface area contributed by atoms with Crippen molar-refractivity contribution in [3.05, 3.63) is 0 Å². The van der Waals surface area contributed by atoms with Gasteiger partial charge in [0.2, 0.25) is 8.32 Å². The molecule has 0 bridgehead atoms. The number of carbonyl (C=O) groups is 1. The molecule has 100 valence electrons. The summed E-state index contributed by atoms with van der Waals surface area (Å²) in [5.74, 6) is -0.783. The van der Waals surface area contributed by atoms with Gasteiger partial charge in [-0.15, -0.1) is 5.59 Å². The summed E-state index contributed by atoms with van der Waals surface area (Å²) in [7, 11) is -1.88. The first kappa shape index (κ1) is 14.6. The predicted octanol–water partition coefficient (Wildman–Crippen LogP) is 1.98. The highest BCUT2D eigenvalue weighted by Crippen LogP contribution is 2.36. The lowest BCUT2D eigenvalue weighted by Crippen LogP contribution is -2.53. The van der Waals surface area contributed by atoms with Gasteiger partial charge in [0.1, 0.15) is 6.04 Å². The molecule has 1 aliphatic rings. The SMILES string of the molecule is CC(C)(C)[Si](C)(C)ONN1CCC[C@H]1C(=O)O. The fourth-order valence-corrected chi connectivity index (χ4v) is 2.11. The number of rotatable bonds is 4. The van der Waals surface area contributed by atoms with Crippen LogP contribution in [-0.4, -0.2) is 37.0 Å². The van der Waals surface area contributed by atoms with E-state index in [1.54, 1.807) is 5.01 Å². The van der Waals surface area contributed by atoms with E-state index in [0.29, 0.717) is 6.42 Å². The lowest BCUT2D eigenvalue weighted by atomic mass is 10.2. The van der Waals surface area contributed by atoms with E-state index in [4.69, 9.17) is 9.63 Å². The summed E-state index contributed by atoms with van der Waals surface area (Å²) < 4.78 is 5.81. The minimum absolute atomic E-state index is 0.110. The monoisotopic (exact) mass is 260 g/mol. The third-order valence-electron chi connectivity index (χ3n) is 3.76. The Hall–Kier alpha value is -0.433. The second-order valence-electron chi connectivity index (χ2n) is 6.14. The molecule has 1 saturated heterocycles. The van der Waals surface area contributed by atoms with Gasteiger partial charge in [-0.3, -0.25) is 4.79 Å². The zero-order chi connectivity index (χ0) is 13.3. The zero-order valence-corrected chi connectivity index (χ0v) is 12.4. The number of nitrogens with zero attached hydrogens (tertiary/aromatic N) is 1. The Morgan fingerprint density at radius 3 is 2.53 bits per heavy atom. The van der Waals surface area contributed by atoms with Crippen molar-refractivity contribution < 1.29 is 14.4 Å². The lowest BCUT2D eigenvalue weighted by Gasteiger charge is -2.37. The molecule has 0 aromatic rings. The number of carboxylic acids is 1. The molecular formula is C11H24N2O3Si. The normalized spacial score (nSPS) is 23.0. The van der Waals surface area contributed by atoms with Crippen LogP contribution in [-0.2, 0) is 9.32 Å². The van der Waals surface area contributed by atoms with E-state index >= 15 is 0 Å². The standard InChI is InChI=1S/C11H24N2O3Si/c1-11(2,3)17(4,5)16-12-13-8-6-7-9(13)10(14)15/h9,12H,6-8H2,1-5H3,(H,14,15)/t9-/m0/s1. The van der Waals surface area contributed by atoms with Gasteiger partial charge in [-0.25, -0.2) is 5.01 Å². The first-order chi connectivity index (χ1) is 7.65. The number of hydrogen-bond acceptors (Lipinski definition) is 4. The Balaban J connectivity index is 2.53. The predicted molar refractivity (Wildman–Crippen MR) is 68.8 cm³/mol. The van der Waals surface area contributed by atoms with E-state index in [2.05, 4.69) is 39.5 Å². The highest BCUT2D eigenvalue weighted by atomic mass is 28.4. The Labute approximate surface area is 104 Å². The fourth-order valence-electron chi connectivity index (χ4n) is 1.46. The van der Waals surface area contributed by atoms with Crippen LogP contribution in [0.25, 0.3) is 0 Å². The van der Waals surface area contributed by atoms with Crippen LogP contribution in [0.3, 0.4) is 0 Å². The number of hydrogen-bond donors (Lipinski definition) is 2. The minimum Gasteiger partial charge on any atom is -0.480 e. The van der Waals surface area contributed by atoms with E-state index in [1.165, 1.54) is 0 Å². The summed E-state index contributed by atoms with van der Waals surface area (Å²) in [6.07, 6.45) is 1.58. The third-order valence-corrected chi connectivity index (χ3v) is 7.98. The van der Waals surface area contributed by atoms with Crippen molar-refractivity contribution in [2.24, 2.45) is 0 Å². The van der Waals surface area contributed by atoms with Crippen LogP contribution in [0.15, 0.2) is 0 Å². The van der Waals surface area contributed by atoms with Crippen LogP contribution in [0.4, 0.5) is 0 Å². The van der Waals surface area contributed by atoms with Crippen LogP contribution in [0.2, 0.25) is 18.1 Å². The molecule has 1 aliphatic heterocycles. The molecule has 0 unspecified atom stereocenters. The van der Waals surface area contributed by atoms with Gasteiger partial charge in [-0.2, -0.15) is 0 Å². The van der Waals surface area contributed by atoms with Crippen molar-refractivity contribution in [2.75, 3.05) is 6.54 Å². The van der Waals surface area contributed by atoms with E-state index in [0.717, 1.165) is 13.0 Å². The summed E-state index contributed by atoms with van der Waals surface area (Å²) in [6, 6.07) is -0.459. The minimum atomic E-state index is -1.88. The largest absolute Gasteiger partial charge is 0.480 e. The molecule has 2 N–H and O–H groups in total. The third kappa shape index (κ3) is 3.51. The second-order valence-corrected chi connectivity index (χ2v) is 10.9. The molecule has 0 saturated carbocycles.